The minimum Gasteiger partial charge on any atom is -0.313 e. The highest BCUT2D eigenvalue weighted by molar-refractivity contribution is 9.10. The molecule has 0 fully saturated rings. The molecule has 100 valence electrons. The molecule has 1 N–H and O–H groups in total. The summed E-state index contributed by atoms with van der Waals surface area (Å²) in [5, 5.41) is 3.21. The van der Waals surface area contributed by atoms with Gasteiger partial charge in [-0.2, -0.15) is 0 Å². The third-order valence-electron chi connectivity index (χ3n) is 2.93. The maximum atomic E-state index is 12.9. The van der Waals surface area contributed by atoms with Crippen LogP contribution in [-0.2, 0) is 0 Å². The Bertz CT molecular complexity index is 557. The number of hydrogen-bond donors (Lipinski definition) is 1. The lowest BCUT2D eigenvalue weighted by atomic mass is 10.1. The molecule has 2 rings (SSSR count). The van der Waals surface area contributed by atoms with Gasteiger partial charge >= 0.3 is 0 Å². The second-order valence-electron chi connectivity index (χ2n) is 4.26. The first-order valence-corrected chi connectivity index (χ1v) is 7.61. The van der Waals surface area contributed by atoms with Gasteiger partial charge in [0.15, 0.2) is 0 Å². The summed E-state index contributed by atoms with van der Waals surface area (Å²) in [5.74, 6) is -0.207. The number of nitrogens with one attached hydrogen (secondary N) is 1. The van der Waals surface area contributed by atoms with E-state index in [4.69, 9.17) is 0 Å². The highest BCUT2D eigenvalue weighted by atomic mass is 79.9. The Labute approximate surface area is 125 Å². The zero-order valence-corrected chi connectivity index (χ0v) is 13.2. The molecule has 4 heteroatoms. The lowest BCUT2D eigenvalue weighted by Gasteiger charge is -2.12. The van der Waals surface area contributed by atoms with Gasteiger partial charge in [-0.15, -0.1) is 0 Å². The van der Waals surface area contributed by atoms with Crippen molar-refractivity contribution in [1.82, 2.24) is 5.32 Å². The van der Waals surface area contributed by atoms with Gasteiger partial charge in [0, 0.05) is 20.3 Å². The molecule has 0 bridgehead atoms. The molecule has 0 aromatic heterocycles. The van der Waals surface area contributed by atoms with Gasteiger partial charge in [0.1, 0.15) is 5.82 Å². The van der Waals surface area contributed by atoms with E-state index in [1.165, 1.54) is 17.7 Å². The second-order valence-corrected chi connectivity index (χ2v) is 6.23. The molecule has 0 aliphatic carbocycles. The molecule has 0 aliphatic rings. The van der Waals surface area contributed by atoms with Gasteiger partial charge in [-0.05, 0) is 71.9 Å². The summed E-state index contributed by atoms with van der Waals surface area (Å²) in [7, 11) is 1.94. The van der Waals surface area contributed by atoms with Gasteiger partial charge in [0.05, 0.1) is 0 Å². The van der Waals surface area contributed by atoms with Crippen LogP contribution >= 0.6 is 27.7 Å². The molecule has 1 atom stereocenters. The van der Waals surface area contributed by atoms with E-state index in [1.54, 1.807) is 23.9 Å². The minimum absolute atomic E-state index is 0.207. The van der Waals surface area contributed by atoms with Crippen molar-refractivity contribution in [3.8, 4) is 0 Å². The van der Waals surface area contributed by atoms with Crippen LogP contribution in [0.5, 0.6) is 0 Å². The first-order chi connectivity index (χ1) is 9.10. The van der Waals surface area contributed by atoms with Crippen LogP contribution in [0.4, 0.5) is 4.39 Å². The van der Waals surface area contributed by atoms with Crippen LogP contribution in [0, 0.1) is 5.82 Å². The van der Waals surface area contributed by atoms with Crippen LogP contribution in [0.2, 0.25) is 0 Å². The molecule has 1 unspecified atom stereocenters. The van der Waals surface area contributed by atoms with Crippen molar-refractivity contribution in [2.24, 2.45) is 0 Å². The van der Waals surface area contributed by atoms with E-state index < -0.39 is 0 Å². The summed E-state index contributed by atoms with van der Waals surface area (Å²) < 4.78 is 13.9. The van der Waals surface area contributed by atoms with Crippen molar-refractivity contribution in [1.29, 1.82) is 0 Å². The van der Waals surface area contributed by atoms with Crippen molar-refractivity contribution < 1.29 is 4.39 Å². The van der Waals surface area contributed by atoms with E-state index in [0.29, 0.717) is 6.04 Å². The highest BCUT2D eigenvalue weighted by Crippen LogP contribution is 2.34. The molecular formula is C15H15BrFNS. The van der Waals surface area contributed by atoms with E-state index in [2.05, 4.69) is 46.4 Å². The molecule has 2 aromatic rings. The topological polar surface area (TPSA) is 12.0 Å². The fourth-order valence-corrected chi connectivity index (χ4v) is 3.12. The van der Waals surface area contributed by atoms with Crippen LogP contribution in [-0.4, -0.2) is 7.05 Å². The van der Waals surface area contributed by atoms with Gasteiger partial charge in [-0.25, -0.2) is 4.39 Å². The van der Waals surface area contributed by atoms with Crippen molar-refractivity contribution in [2.75, 3.05) is 7.05 Å². The van der Waals surface area contributed by atoms with Gasteiger partial charge < -0.3 is 5.32 Å². The van der Waals surface area contributed by atoms with Crippen molar-refractivity contribution in [3.63, 3.8) is 0 Å². The van der Waals surface area contributed by atoms with Crippen molar-refractivity contribution in [2.45, 2.75) is 22.8 Å². The molecule has 0 saturated heterocycles. The third-order valence-corrected chi connectivity index (χ3v) is 4.93. The van der Waals surface area contributed by atoms with E-state index in [0.717, 1.165) is 14.3 Å². The molecule has 0 aliphatic heterocycles. The smallest absolute Gasteiger partial charge is 0.123 e. The van der Waals surface area contributed by atoms with Gasteiger partial charge in [0.25, 0.3) is 0 Å². The Morgan fingerprint density at radius 1 is 1.16 bits per heavy atom. The molecule has 1 nitrogen and oxygen atoms in total. The molecule has 0 amide bonds. The van der Waals surface area contributed by atoms with E-state index >= 15 is 0 Å². The first kappa shape index (κ1) is 14.6. The van der Waals surface area contributed by atoms with E-state index in [-0.39, 0.29) is 5.82 Å². The van der Waals surface area contributed by atoms with Crippen molar-refractivity contribution in [3.05, 3.63) is 58.3 Å². The Hall–Kier alpha value is -0.840. The van der Waals surface area contributed by atoms with Gasteiger partial charge in [-0.1, -0.05) is 17.8 Å². The fourth-order valence-electron chi connectivity index (χ4n) is 1.67. The van der Waals surface area contributed by atoms with Crippen molar-refractivity contribution >= 4 is 27.7 Å². The molecule has 0 spiro atoms. The Balaban J connectivity index is 2.19. The summed E-state index contributed by atoms with van der Waals surface area (Å²) in [5.41, 5.74) is 1.23. The lowest BCUT2D eigenvalue weighted by Crippen LogP contribution is -2.12. The normalized spacial score (nSPS) is 12.4. The third kappa shape index (κ3) is 3.81. The second kappa shape index (κ2) is 6.55. The maximum Gasteiger partial charge on any atom is 0.123 e. The minimum atomic E-state index is -0.207. The molecule has 2 aromatic carbocycles. The Morgan fingerprint density at radius 2 is 1.84 bits per heavy atom. The summed E-state index contributed by atoms with van der Waals surface area (Å²) in [6, 6.07) is 13.2. The van der Waals surface area contributed by atoms with Gasteiger partial charge in [-0.3, -0.25) is 0 Å². The quantitative estimate of drug-likeness (QED) is 0.839. The molecule has 0 heterocycles. The summed E-state index contributed by atoms with van der Waals surface area (Å²) in [6.45, 7) is 2.12. The van der Waals surface area contributed by atoms with Crippen LogP contribution in [0.1, 0.15) is 18.5 Å². The van der Waals surface area contributed by atoms with Gasteiger partial charge in [0.2, 0.25) is 0 Å². The number of halogens is 2. The highest BCUT2D eigenvalue weighted by Gasteiger charge is 2.07. The van der Waals surface area contributed by atoms with Crippen LogP contribution in [0.25, 0.3) is 0 Å². The molecule has 0 saturated carbocycles. The predicted molar refractivity (Wildman–Crippen MR) is 82.1 cm³/mol. The standard InChI is InChI=1S/C15H15BrFNS/c1-10(18-2)11-3-8-15(14(16)9-11)19-13-6-4-12(17)5-7-13/h3-10,18H,1-2H3. The monoisotopic (exact) mass is 339 g/mol. The summed E-state index contributed by atoms with van der Waals surface area (Å²) in [6.07, 6.45) is 0. The largest absolute Gasteiger partial charge is 0.313 e. The molecule has 19 heavy (non-hydrogen) atoms. The summed E-state index contributed by atoms with van der Waals surface area (Å²) >= 11 is 5.21. The lowest BCUT2D eigenvalue weighted by molar-refractivity contribution is 0.626. The number of hydrogen-bond acceptors (Lipinski definition) is 2. The van der Waals surface area contributed by atoms with Crippen LogP contribution in [0.3, 0.4) is 0 Å². The average molecular weight is 340 g/mol. The Morgan fingerprint density at radius 3 is 2.42 bits per heavy atom. The molecule has 0 radical (unpaired) electrons. The maximum absolute atomic E-state index is 12.9. The van der Waals surface area contributed by atoms with E-state index in [9.17, 15) is 4.39 Å². The predicted octanol–water partition coefficient (Wildman–Crippen LogP) is 5.02. The summed E-state index contributed by atoms with van der Waals surface area (Å²) in [4.78, 5) is 2.15. The number of benzene rings is 2. The molecular weight excluding hydrogens is 325 g/mol. The SMILES string of the molecule is CNC(C)c1ccc(Sc2ccc(F)cc2)c(Br)c1. The van der Waals surface area contributed by atoms with E-state index in [1.807, 2.05) is 7.05 Å². The fraction of sp³-hybridized carbons (Fsp3) is 0.200. The Kier molecular flexibility index (Phi) is 5.02. The zero-order valence-electron chi connectivity index (χ0n) is 10.8. The first-order valence-electron chi connectivity index (χ1n) is 6.00. The van der Waals surface area contributed by atoms with Crippen LogP contribution < -0.4 is 5.32 Å². The zero-order chi connectivity index (χ0) is 13.8. The number of rotatable bonds is 4. The average Bonchev–Trinajstić information content (AvgIpc) is 2.42. The van der Waals surface area contributed by atoms with Crippen LogP contribution in [0.15, 0.2) is 56.7 Å².